The fraction of sp³-hybridized carbons (Fsp3) is 0.0127. The first-order valence-corrected chi connectivity index (χ1v) is 28.1. The number of fused-ring (bicyclic) bond motifs is 9. The zero-order chi connectivity index (χ0) is 53.4. The third-order valence-electron chi connectivity index (χ3n) is 17.2. The van der Waals surface area contributed by atoms with E-state index >= 15 is 0 Å². The van der Waals surface area contributed by atoms with E-state index in [0.29, 0.717) is 0 Å². The van der Waals surface area contributed by atoms with Gasteiger partial charge in [-0.2, -0.15) is 0 Å². The van der Waals surface area contributed by atoms with Gasteiger partial charge in [0.25, 0.3) is 0 Å². The zero-order valence-corrected chi connectivity index (χ0v) is 44.4. The first-order valence-electron chi connectivity index (χ1n) is 28.1. The van der Waals surface area contributed by atoms with Crippen LogP contribution < -0.4 is 0 Å². The lowest BCUT2D eigenvalue weighted by Gasteiger charge is -2.34. The molecule has 2 aromatic heterocycles. The van der Waals surface area contributed by atoms with Crippen molar-refractivity contribution in [1.82, 2.24) is 9.13 Å². The number of hydrogen-bond donors (Lipinski definition) is 0. The van der Waals surface area contributed by atoms with Crippen LogP contribution in [0, 0.1) is 0 Å². The summed E-state index contributed by atoms with van der Waals surface area (Å²) in [6.45, 7) is 0. The standard InChI is InChI=1S/C79H52N2/c1-3-17-53(18-4-1)60-20-16-24-66(50-60)81-76-32-14-10-28-70(76)72-52-62(44-48-78(72)81)61-43-47-77-71(51-61)69-27-9-13-31-75(69)80(77)65-45-41-57(42-46-65)56-35-33-54(34-36-56)55-37-39-58(40-38-55)59-19-15-23-64(49-59)79(63-21-5-2-6-22-63)73-29-11-7-25-67(73)68-26-8-12-30-74(68)79/h1-52H. The van der Waals surface area contributed by atoms with Gasteiger partial charge in [-0.05, 0) is 156 Å². The molecular weight excluding hydrogens is 977 g/mol. The predicted molar refractivity (Wildman–Crippen MR) is 340 cm³/mol. The van der Waals surface area contributed by atoms with E-state index in [0.717, 1.165) is 11.4 Å². The summed E-state index contributed by atoms with van der Waals surface area (Å²) in [5.41, 5.74) is 26.4. The summed E-state index contributed by atoms with van der Waals surface area (Å²) < 4.78 is 4.82. The molecule has 0 atom stereocenters. The van der Waals surface area contributed by atoms with Gasteiger partial charge >= 0.3 is 0 Å². The van der Waals surface area contributed by atoms with Crippen molar-refractivity contribution < 1.29 is 0 Å². The fourth-order valence-corrected chi connectivity index (χ4v) is 13.5. The molecule has 2 heterocycles. The molecule has 1 aliphatic carbocycles. The van der Waals surface area contributed by atoms with E-state index in [9.17, 15) is 0 Å². The minimum Gasteiger partial charge on any atom is -0.309 e. The highest BCUT2D eigenvalue weighted by molar-refractivity contribution is 6.13. The average Bonchev–Trinajstić information content (AvgIpc) is 4.29. The third-order valence-corrected chi connectivity index (χ3v) is 17.2. The van der Waals surface area contributed by atoms with Crippen molar-refractivity contribution in [2.45, 2.75) is 5.41 Å². The maximum Gasteiger partial charge on any atom is 0.0713 e. The summed E-state index contributed by atoms with van der Waals surface area (Å²) in [5.74, 6) is 0. The van der Waals surface area contributed by atoms with Crippen LogP contribution in [-0.4, -0.2) is 9.13 Å². The molecule has 0 unspecified atom stereocenters. The number of para-hydroxylation sites is 2. The molecule has 0 aliphatic heterocycles. The molecule has 2 nitrogen and oxygen atoms in total. The lowest BCUT2D eigenvalue weighted by molar-refractivity contribution is 0.769. The number of hydrogen-bond acceptors (Lipinski definition) is 0. The Morgan fingerprint density at radius 1 is 0.198 bits per heavy atom. The van der Waals surface area contributed by atoms with Gasteiger partial charge < -0.3 is 9.13 Å². The largest absolute Gasteiger partial charge is 0.309 e. The SMILES string of the molecule is c1ccc(-c2cccc(-n3c4ccccc4c4cc(-c5ccc6c(c5)c5ccccc5n6-c5ccc(-c6ccc(-c7ccc(-c8cccc(C9(c%10ccccc%10)c%10ccccc%10-c%10ccccc%109)c8)cc7)cc6)cc5)ccc43)c2)cc1. The fourth-order valence-electron chi connectivity index (χ4n) is 13.5. The van der Waals surface area contributed by atoms with Gasteiger partial charge in [-0.3, -0.25) is 0 Å². The van der Waals surface area contributed by atoms with Gasteiger partial charge in [0, 0.05) is 32.9 Å². The number of rotatable bonds is 9. The van der Waals surface area contributed by atoms with Crippen LogP contribution in [-0.2, 0) is 5.41 Å². The average molecular weight is 1030 g/mol. The molecule has 15 aromatic rings. The summed E-state index contributed by atoms with van der Waals surface area (Å²) in [7, 11) is 0. The summed E-state index contributed by atoms with van der Waals surface area (Å²) in [6, 6.07) is 116. The van der Waals surface area contributed by atoms with Gasteiger partial charge in [0.05, 0.1) is 27.5 Å². The van der Waals surface area contributed by atoms with E-state index in [2.05, 4.69) is 325 Å². The van der Waals surface area contributed by atoms with E-state index in [1.54, 1.807) is 0 Å². The molecule has 1 aliphatic rings. The molecule has 0 saturated carbocycles. The van der Waals surface area contributed by atoms with Gasteiger partial charge in [-0.15, -0.1) is 0 Å². The minimum atomic E-state index is -0.426. The zero-order valence-electron chi connectivity index (χ0n) is 44.4. The first kappa shape index (κ1) is 46.5. The first-order chi connectivity index (χ1) is 40.2. The second-order valence-corrected chi connectivity index (χ2v) is 21.6. The van der Waals surface area contributed by atoms with E-state index in [1.165, 1.54) is 133 Å². The lowest BCUT2D eigenvalue weighted by atomic mass is 9.67. The Kier molecular flexibility index (Phi) is 10.8. The molecule has 0 N–H and O–H groups in total. The molecule has 0 radical (unpaired) electrons. The molecule has 16 rings (SSSR count). The quantitative estimate of drug-likeness (QED) is 0.136. The Morgan fingerprint density at radius 3 is 1.11 bits per heavy atom. The molecule has 81 heavy (non-hydrogen) atoms. The van der Waals surface area contributed by atoms with Gasteiger partial charge in [-0.25, -0.2) is 0 Å². The molecule has 378 valence electrons. The molecule has 0 fully saturated rings. The van der Waals surface area contributed by atoms with Crippen molar-refractivity contribution in [3.8, 4) is 78.1 Å². The van der Waals surface area contributed by atoms with Crippen LogP contribution in [0.5, 0.6) is 0 Å². The smallest absolute Gasteiger partial charge is 0.0713 e. The molecule has 0 amide bonds. The second-order valence-electron chi connectivity index (χ2n) is 21.6. The summed E-state index contributed by atoms with van der Waals surface area (Å²) in [4.78, 5) is 0. The highest BCUT2D eigenvalue weighted by Crippen LogP contribution is 2.56. The van der Waals surface area contributed by atoms with Crippen LogP contribution in [0.3, 0.4) is 0 Å². The number of benzene rings is 13. The van der Waals surface area contributed by atoms with Crippen LogP contribution in [0.1, 0.15) is 22.3 Å². The molecule has 13 aromatic carbocycles. The Bertz CT molecular complexity index is 4840. The monoisotopic (exact) mass is 1030 g/mol. The summed E-state index contributed by atoms with van der Waals surface area (Å²) in [5, 5.41) is 4.97. The van der Waals surface area contributed by atoms with Crippen LogP contribution in [0.4, 0.5) is 0 Å². The second kappa shape index (κ2) is 18.8. The molecule has 0 saturated heterocycles. The Labute approximate surface area is 471 Å². The van der Waals surface area contributed by atoms with Crippen LogP contribution in [0.25, 0.3) is 122 Å². The normalized spacial score (nSPS) is 12.5. The van der Waals surface area contributed by atoms with Gasteiger partial charge in [-0.1, -0.05) is 249 Å². The number of nitrogens with zero attached hydrogens (tertiary/aromatic N) is 2. The Hall–Kier alpha value is -10.5. The summed E-state index contributed by atoms with van der Waals surface area (Å²) >= 11 is 0. The van der Waals surface area contributed by atoms with Gasteiger partial charge in [0.1, 0.15) is 0 Å². The van der Waals surface area contributed by atoms with E-state index < -0.39 is 5.41 Å². The van der Waals surface area contributed by atoms with E-state index in [4.69, 9.17) is 0 Å². The van der Waals surface area contributed by atoms with Gasteiger partial charge in [0.2, 0.25) is 0 Å². The predicted octanol–water partition coefficient (Wildman–Crippen LogP) is 20.6. The van der Waals surface area contributed by atoms with E-state index in [1.807, 2.05) is 0 Å². The third kappa shape index (κ3) is 7.49. The van der Waals surface area contributed by atoms with Crippen molar-refractivity contribution >= 4 is 43.6 Å². The number of aromatic nitrogens is 2. The molecule has 0 spiro atoms. The van der Waals surface area contributed by atoms with Crippen molar-refractivity contribution in [1.29, 1.82) is 0 Å². The van der Waals surface area contributed by atoms with Crippen molar-refractivity contribution in [2.24, 2.45) is 0 Å². The van der Waals surface area contributed by atoms with Crippen LogP contribution in [0.2, 0.25) is 0 Å². The topological polar surface area (TPSA) is 9.86 Å². The lowest BCUT2D eigenvalue weighted by Crippen LogP contribution is -2.28. The van der Waals surface area contributed by atoms with Crippen molar-refractivity contribution in [2.75, 3.05) is 0 Å². The molecule has 0 bridgehead atoms. The van der Waals surface area contributed by atoms with Crippen molar-refractivity contribution in [3.63, 3.8) is 0 Å². The maximum atomic E-state index is 2.41. The van der Waals surface area contributed by atoms with Crippen LogP contribution in [0.15, 0.2) is 315 Å². The van der Waals surface area contributed by atoms with Gasteiger partial charge in [0.15, 0.2) is 0 Å². The highest BCUT2D eigenvalue weighted by atomic mass is 15.0. The Balaban J connectivity index is 0.678. The highest BCUT2D eigenvalue weighted by Gasteiger charge is 2.46. The van der Waals surface area contributed by atoms with E-state index in [-0.39, 0.29) is 0 Å². The summed E-state index contributed by atoms with van der Waals surface area (Å²) in [6.07, 6.45) is 0. The Morgan fingerprint density at radius 2 is 0.556 bits per heavy atom. The van der Waals surface area contributed by atoms with Crippen molar-refractivity contribution in [3.05, 3.63) is 338 Å². The molecular formula is C79H52N2. The minimum absolute atomic E-state index is 0.426. The van der Waals surface area contributed by atoms with Crippen LogP contribution >= 0.6 is 0 Å². The maximum absolute atomic E-state index is 2.41. The molecule has 2 heteroatoms.